The molecule has 0 spiro atoms. The van der Waals surface area contributed by atoms with Gasteiger partial charge in [0.1, 0.15) is 5.69 Å². The Kier molecular flexibility index (Phi) is 5.39. The van der Waals surface area contributed by atoms with Gasteiger partial charge in [-0.1, -0.05) is 26.7 Å². The number of hydrogen-bond acceptors (Lipinski definition) is 3. The van der Waals surface area contributed by atoms with Gasteiger partial charge in [-0.3, -0.25) is 9.78 Å². The molecule has 1 heterocycles. The van der Waals surface area contributed by atoms with Crippen LogP contribution in [0.4, 0.5) is 5.69 Å². The fraction of sp³-hybridized carbons (Fsp3) is 0.625. The third kappa shape index (κ3) is 4.51. The Morgan fingerprint density at radius 3 is 2.85 bits per heavy atom. The van der Waals surface area contributed by atoms with Crippen molar-refractivity contribution in [2.24, 2.45) is 5.92 Å². The van der Waals surface area contributed by atoms with E-state index in [9.17, 15) is 4.79 Å². The SMILES string of the molecule is CC(C)CCNC(=O)c1cc(NC2CCCC2)ccn1. The summed E-state index contributed by atoms with van der Waals surface area (Å²) in [7, 11) is 0. The Balaban J connectivity index is 1.89. The van der Waals surface area contributed by atoms with Crippen LogP contribution in [0, 0.1) is 5.92 Å². The molecule has 1 saturated carbocycles. The van der Waals surface area contributed by atoms with Crippen LogP contribution in [0.25, 0.3) is 0 Å². The summed E-state index contributed by atoms with van der Waals surface area (Å²) in [6, 6.07) is 4.33. The predicted molar refractivity (Wildman–Crippen MR) is 81.9 cm³/mol. The van der Waals surface area contributed by atoms with Crippen LogP contribution in [0.15, 0.2) is 18.3 Å². The molecule has 2 N–H and O–H groups in total. The summed E-state index contributed by atoms with van der Waals surface area (Å²) in [6.45, 7) is 5.01. The van der Waals surface area contributed by atoms with Gasteiger partial charge in [0.2, 0.25) is 0 Å². The van der Waals surface area contributed by atoms with E-state index in [0.29, 0.717) is 24.2 Å². The minimum atomic E-state index is -0.0827. The lowest BCUT2D eigenvalue weighted by Gasteiger charge is -2.14. The first kappa shape index (κ1) is 14.8. The van der Waals surface area contributed by atoms with E-state index in [1.54, 1.807) is 6.20 Å². The van der Waals surface area contributed by atoms with Gasteiger partial charge >= 0.3 is 0 Å². The number of nitrogens with zero attached hydrogens (tertiary/aromatic N) is 1. The smallest absolute Gasteiger partial charge is 0.269 e. The van der Waals surface area contributed by atoms with Crippen molar-refractivity contribution < 1.29 is 4.79 Å². The molecule has 4 heteroatoms. The van der Waals surface area contributed by atoms with Crippen molar-refractivity contribution in [2.45, 2.75) is 52.0 Å². The summed E-state index contributed by atoms with van der Waals surface area (Å²) in [5, 5.41) is 6.41. The summed E-state index contributed by atoms with van der Waals surface area (Å²) in [5.41, 5.74) is 1.50. The van der Waals surface area contributed by atoms with Crippen LogP contribution >= 0.6 is 0 Å². The first-order valence-electron chi connectivity index (χ1n) is 7.66. The summed E-state index contributed by atoms with van der Waals surface area (Å²) in [5.74, 6) is 0.513. The molecule has 1 aliphatic rings. The highest BCUT2D eigenvalue weighted by atomic mass is 16.1. The molecule has 1 amide bonds. The molecule has 4 nitrogen and oxygen atoms in total. The lowest BCUT2D eigenvalue weighted by atomic mass is 10.1. The lowest BCUT2D eigenvalue weighted by molar-refractivity contribution is 0.0947. The molecule has 0 bridgehead atoms. The number of aromatic nitrogens is 1. The highest BCUT2D eigenvalue weighted by Gasteiger charge is 2.15. The van der Waals surface area contributed by atoms with Crippen molar-refractivity contribution in [3.63, 3.8) is 0 Å². The second kappa shape index (κ2) is 7.27. The summed E-state index contributed by atoms with van der Waals surface area (Å²) < 4.78 is 0. The predicted octanol–water partition coefficient (Wildman–Crippen LogP) is 3.21. The number of rotatable bonds is 6. The maximum atomic E-state index is 12.0. The number of carbonyl (C=O) groups is 1. The molecule has 0 aromatic carbocycles. The Morgan fingerprint density at radius 2 is 2.15 bits per heavy atom. The average Bonchev–Trinajstić information content (AvgIpc) is 2.91. The normalized spacial score (nSPS) is 15.6. The Bertz CT molecular complexity index is 439. The van der Waals surface area contributed by atoms with E-state index in [1.807, 2.05) is 12.1 Å². The molecular formula is C16H25N3O. The largest absolute Gasteiger partial charge is 0.382 e. The molecule has 0 saturated heterocycles. The van der Waals surface area contributed by atoms with Gasteiger partial charge in [0.05, 0.1) is 0 Å². The van der Waals surface area contributed by atoms with Gasteiger partial charge in [-0.2, -0.15) is 0 Å². The van der Waals surface area contributed by atoms with Crippen molar-refractivity contribution in [3.8, 4) is 0 Å². The molecule has 1 aliphatic carbocycles. The molecule has 20 heavy (non-hydrogen) atoms. The van der Waals surface area contributed by atoms with E-state index in [-0.39, 0.29) is 5.91 Å². The Morgan fingerprint density at radius 1 is 1.40 bits per heavy atom. The molecule has 110 valence electrons. The van der Waals surface area contributed by atoms with Crippen molar-refractivity contribution >= 4 is 11.6 Å². The van der Waals surface area contributed by atoms with Gasteiger partial charge in [-0.15, -0.1) is 0 Å². The van der Waals surface area contributed by atoms with E-state index >= 15 is 0 Å². The van der Waals surface area contributed by atoms with Crippen LogP contribution in [0.3, 0.4) is 0 Å². The third-order valence-electron chi connectivity index (χ3n) is 3.73. The second-order valence-electron chi connectivity index (χ2n) is 5.99. The topological polar surface area (TPSA) is 54.0 Å². The molecule has 1 aromatic rings. The fourth-order valence-corrected chi connectivity index (χ4v) is 2.52. The number of nitrogens with one attached hydrogen (secondary N) is 2. The van der Waals surface area contributed by atoms with Gasteiger partial charge in [0.25, 0.3) is 5.91 Å². The number of pyridine rings is 1. The molecule has 0 atom stereocenters. The molecular weight excluding hydrogens is 250 g/mol. The van der Waals surface area contributed by atoms with Gasteiger partial charge in [0, 0.05) is 24.5 Å². The highest BCUT2D eigenvalue weighted by molar-refractivity contribution is 5.93. The molecule has 0 aliphatic heterocycles. The zero-order chi connectivity index (χ0) is 14.4. The third-order valence-corrected chi connectivity index (χ3v) is 3.73. The maximum Gasteiger partial charge on any atom is 0.269 e. The quantitative estimate of drug-likeness (QED) is 0.838. The van der Waals surface area contributed by atoms with Crippen LogP contribution in [0.2, 0.25) is 0 Å². The van der Waals surface area contributed by atoms with Crippen LogP contribution in [-0.4, -0.2) is 23.5 Å². The van der Waals surface area contributed by atoms with E-state index in [1.165, 1.54) is 25.7 Å². The van der Waals surface area contributed by atoms with Crippen molar-refractivity contribution in [1.82, 2.24) is 10.3 Å². The van der Waals surface area contributed by atoms with E-state index in [4.69, 9.17) is 0 Å². The van der Waals surface area contributed by atoms with Crippen molar-refractivity contribution in [2.75, 3.05) is 11.9 Å². The molecule has 1 fully saturated rings. The van der Waals surface area contributed by atoms with E-state index in [2.05, 4.69) is 29.5 Å². The second-order valence-corrected chi connectivity index (χ2v) is 5.99. The van der Waals surface area contributed by atoms with Crippen LogP contribution in [0.5, 0.6) is 0 Å². The lowest BCUT2D eigenvalue weighted by Crippen LogP contribution is -2.26. The first-order chi connectivity index (χ1) is 9.65. The molecule has 0 radical (unpaired) electrons. The monoisotopic (exact) mass is 275 g/mol. The zero-order valence-corrected chi connectivity index (χ0v) is 12.5. The standard InChI is InChI=1S/C16H25N3O/c1-12(2)7-9-18-16(20)15-11-14(8-10-17-15)19-13-5-3-4-6-13/h8,10-13H,3-7,9H2,1-2H3,(H,17,19)(H,18,20). The molecule has 0 unspecified atom stereocenters. The van der Waals surface area contributed by atoms with E-state index in [0.717, 1.165) is 12.1 Å². The number of carbonyl (C=O) groups excluding carboxylic acids is 1. The summed E-state index contributed by atoms with van der Waals surface area (Å²) in [6.07, 6.45) is 7.73. The van der Waals surface area contributed by atoms with Gasteiger partial charge in [0.15, 0.2) is 0 Å². The molecule has 1 aromatic heterocycles. The van der Waals surface area contributed by atoms with Crippen LogP contribution in [0.1, 0.15) is 56.4 Å². The minimum Gasteiger partial charge on any atom is -0.382 e. The van der Waals surface area contributed by atoms with E-state index < -0.39 is 0 Å². The number of hydrogen-bond donors (Lipinski definition) is 2. The first-order valence-corrected chi connectivity index (χ1v) is 7.66. The van der Waals surface area contributed by atoms with Crippen LogP contribution < -0.4 is 10.6 Å². The Hall–Kier alpha value is -1.58. The van der Waals surface area contributed by atoms with Gasteiger partial charge < -0.3 is 10.6 Å². The van der Waals surface area contributed by atoms with Gasteiger partial charge in [-0.25, -0.2) is 0 Å². The Labute approximate surface area is 121 Å². The van der Waals surface area contributed by atoms with Crippen LogP contribution in [-0.2, 0) is 0 Å². The average molecular weight is 275 g/mol. The molecule has 2 rings (SSSR count). The number of anilines is 1. The van der Waals surface area contributed by atoms with Crippen molar-refractivity contribution in [3.05, 3.63) is 24.0 Å². The number of amides is 1. The maximum absolute atomic E-state index is 12.0. The minimum absolute atomic E-state index is 0.0827. The fourth-order valence-electron chi connectivity index (χ4n) is 2.52. The highest BCUT2D eigenvalue weighted by Crippen LogP contribution is 2.22. The summed E-state index contributed by atoms with van der Waals surface area (Å²) >= 11 is 0. The zero-order valence-electron chi connectivity index (χ0n) is 12.5. The van der Waals surface area contributed by atoms with Gasteiger partial charge in [-0.05, 0) is 37.3 Å². The summed E-state index contributed by atoms with van der Waals surface area (Å²) in [4.78, 5) is 16.2. The van der Waals surface area contributed by atoms with Crippen molar-refractivity contribution in [1.29, 1.82) is 0 Å².